The third-order valence-electron chi connectivity index (χ3n) is 3.35. The molecular weight excluding hydrogens is 290 g/mol. The van der Waals surface area contributed by atoms with Gasteiger partial charge >= 0.3 is 0 Å². The quantitative estimate of drug-likeness (QED) is 0.911. The van der Waals surface area contributed by atoms with Crippen molar-refractivity contribution in [2.45, 2.75) is 18.9 Å². The standard InChI is InChI=1S/C13H16ClFN2O.ClH/c1-16-10-4-6-17(7-5-10)13(18)11-8-9(14)2-3-12(11)15;/h2-3,8,10,16H,4-7H2,1H3;1H. The molecule has 1 aliphatic heterocycles. The minimum absolute atomic E-state index is 0. The SMILES string of the molecule is CNC1CCN(C(=O)c2cc(Cl)ccc2F)CC1.Cl. The van der Waals surface area contributed by atoms with Gasteiger partial charge < -0.3 is 10.2 Å². The highest BCUT2D eigenvalue weighted by Crippen LogP contribution is 2.19. The molecule has 0 radical (unpaired) electrons. The van der Waals surface area contributed by atoms with Gasteiger partial charge in [0, 0.05) is 24.2 Å². The maximum absolute atomic E-state index is 13.6. The lowest BCUT2D eigenvalue weighted by Gasteiger charge is -2.31. The molecule has 0 aromatic heterocycles. The molecule has 1 aliphatic rings. The number of likely N-dealkylation sites (tertiary alicyclic amines) is 1. The second-order valence-corrected chi connectivity index (χ2v) is 4.92. The van der Waals surface area contributed by atoms with Gasteiger partial charge in [-0.05, 0) is 38.1 Å². The number of rotatable bonds is 2. The summed E-state index contributed by atoms with van der Waals surface area (Å²) in [4.78, 5) is 13.9. The summed E-state index contributed by atoms with van der Waals surface area (Å²) in [5, 5.41) is 3.57. The summed E-state index contributed by atoms with van der Waals surface area (Å²) in [6, 6.07) is 4.51. The topological polar surface area (TPSA) is 32.3 Å². The minimum atomic E-state index is -0.514. The van der Waals surface area contributed by atoms with Crippen LogP contribution < -0.4 is 5.32 Å². The number of carbonyl (C=O) groups excluding carboxylic acids is 1. The number of carbonyl (C=O) groups is 1. The molecule has 6 heteroatoms. The van der Waals surface area contributed by atoms with Crippen LogP contribution in [-0.4, -0.2) is 37.0 Å². The highest BCUT2D eigenvalue weighted by atomic mass is 35.5. The predicted molar refractivity (Wildman–Crippen MR) is 76.6 cm³/mol. The summed E-state index contributed by atoms with van der Waals surface area (Å²) in [6.45, 7) is 1.30. The van der Waals surface area contributed by atoms with Crippen LogP contribution in [0.25, 0.3) is 0 Å². The summed E-state index contributed by atoms with van der Waals surface area (Å²) < 4.78 is 13.6. The Morgan fingerprint density at radius 2 is 2.05 bits per heavy atom. The van der Waals surface area contributed by atoms with Crippen molar-refractivity contribution in [1.82, 2.24) is 10.2 Å². The molecule has 3 nitrogen and oxygen atoms in total. The second kappa shape index (κ2) is 7.08. The highest BCUT2D eigenvalue weighted by molar-refractivity contribution is 6.31. The van der Waals surface area contributed by atoms with E-state index in [1.807, 2.05) is 7.05 Å². The lowest BCUT2D eigenvalue weighted by Crippen LogP contribution is -2.44. The first-order chi connectivity index (χ1) is 8.61. The zero-order chi connectivity index (χ0) is 13.1. The van der Waals surface area contributed by atoms with Crippen molar-refractivity contribution < 1.29 is 9.18 Å². The van der Waals surface area contributed by atoms with Gasteiger partial charge in [-0.15, -0.1) is 12.4 Å². The van der Waals surface area contributed by atoms with Gasteiger partial charge in [-0.2, -0.15) is 0 Å². The van der Waals surface area contributed by atoms with Gasteiger partial charge in [0.05, 0.1) is 5.56 Å². The van der Waals surface area contributed by atoms with Crippen molar-refractivity contribution in [2.24, 2.45) is 0 Å². The maximum Gasteiger partial charge on any atom is 0.256 e. The van der Waals surface area contributed by atoms with Crippen LogP contribution in [0.2, 0.25) is 5.02 Å². The van der Waals surface area contributed by atoms with E-state index in [1.54, 1.807) is 4.90 Å². The fourth-order valence-electron chi connectivity index (χ4n) is 2.20. The van der Waals surface area contributed by atoms with E-state index < -0.39 is 5.82 Å². The van der Waals surface area contributed by atoms with Gasteiger partial charge in [-0.25, -0.2) is 4.39 Å². The largest absolute Gasteiger partial charge is 0.338 e. The van der Waals surface area contributed by atoms with Crippen molar-refractivity contribution in [3.05, 3.63) is 34.6 Å². The molecule has 0 bridgehead atoms. The van der Waals surface area contributed by atoms with E-state index in [9.17, 15) is 9.18 Å². The van der Waals surface area contributed by atoms with Crippen molar-refractivity contribution in [3.8, 4) is 0 Å². The Morgan fingerprint density at radius 3 is 2.63 bits per heavy atom. The number of nitrogens with zero attached hydrogens (tertiary/aromatic N) is 1. The number of amides is 1. The van der Waals surface area contributed by atoms with Crippen molar-refractivity contribution in [3.63, 3.8) is 0 Å². The van der Waals surface area contributed by atoms with Crippen molar-refractivity contribution in [2.75, 3.05) is 20.1 Å². The summed E-state index contributed by atoms with van der Waals surface area (Å²) in [5.41, 5.74) is 0.0606. The van der Waals surface area contributed by atoms with Crippen LogP contribution in [0, 0.1) is 5.82 Å². The summed E-state index contributed by atoms with van der Waals surface area (Å²) in [5.74, 6) is -0.787. The normalized spacial score (nSPS) is 16.1. The summed E-state index contributed by atoms with van der Waals surface area (Å²) in [7, 11) is 1.92. The lowest BCUT2D eigenvalue weighted by molar-refractivity contribution is 0.0702. The Balaban J connectivity index is 0.00000180. The average Bonchev–Trinajstić information content (AvgIpc) is 2.41. The number of nitrogens with one attached hydrogen (secondary N) is 1. The monoisotopic (exact) mass is 306 g/mol. The van der Waals surface area contributed by atoms with Crippen LogP contribution in [-0.2, 0) is 0 Å². The zero-order valence-corrected chi connectivity index (χ0v) is 12.2. The predicted octanol–water partition coefficient (Wildman–Crippen LogP) is 2.72. The fraction of sp³-hybridized carbons (Fsp3) is 0.462. The van der Waals surface area contributed by atoms with Crippen LogP contribution in [0.4, 0.5) is 4.39 Å². The molecule has 2 rings (SSSR count). The first kappa shape index (κ1) is 16.2. The number of halogens is 3. The number of hydrogen-bond acceptors (Lipinski definition) is 2. The molecule has 0 saturated carbocycles. The molecule has 0 atom stereocenters. The van der Waals surface area contributed by atoms with Gasteiger partial charge in [0.15, 0.2) is 0 Å². The van der Waals surface area contributed by atoms with E-state index in [-0.39, 0.29) is 23.9 Å². The molecule has 106 valence electrons. The molecule has 1 heterocycles. The van der Waals surface area contributed by atoms with E-state index in [0.717, 1.165) is 12.8 Å². The molecule has 0 spiro atoms. The molecule has 1 aromatic carbocycles. The molecule has 19 heavy (non-hydrogen) atoms. The number of piperidine rings is 1. The Bertz CT molecular complexity index is 448. The second-order valence-electron chi connectivity index (χ2n) is 4.48. The van der Waals surface area contributed by atoms with E-state index in [4.69, 9.17) is 11.6 Å². The first-order valence-corrected chi connectivity index (χ1v) is 6.41. The summed E-state index contributed by atoms with van der Waals surface area (Å²) in [6.07, 6.45) is 1.79. The van der Waals surface area contributed by atoms with E-state index >= 15 is 0 Å². The molecule has 1 aromatic rings. The highest BCUT2D eigenvalue weighted by Gasteiger charge is 2.24. The number of benzene rings is 1. The van der Waals surface area contributed by atoms with Crippen LogP contribution >= 0.6 is 24.0 Å². The number of hydrogen-bond donors (Lipinski definition) is 1. The maximum atomic E-state index is 13.6. The van der Waals surface area contributed by atoms with Crippen LogP contribution in [0.5, 0.6) is 0 Å². The molecule has 0 unspecified atom stereocenters. The molecule has 1 amide bonds. The molecule has 1 fully saturated rings. The van der Waals surface area contributed by atoms with Gasteiger partial charge in [-0.3, -0.25) is 4.79 Å². The molecule has 0 aliphatic carbocycles. The third kappa shape index (κ3) is 3.81. The van der Waals surface area contributed by atoms with Gasteiger partial charge in [0.1, 0.15) is 5.82 Å². The van der Waals surface area contributed by atoms with Crippen molar-refractivity contribution in [1.29, 1.82) is 0 Å². The van der Waals surface area contributed by atoms with E-state index in [2.05, 4.69) is 5.32 Å². The smallest absolute Gasteiger partial charge is 0.256 e. The Morgan fingerprint density at radius 1 is 1.42 bits per heavy atom. The molecule has 1 saturated heterocycles. The van der Waals surface area contributed by atoms with E-state index in [1.165, 1.54) is 18.2 Å². The first-order valence-electron chi connectivity index (χ1n) is 6.03. The van der Waals surface area contributed by atoms with Gasteiger partial charge in [0.25, 0.3) is 5.91 Å². The Labute approximate surface area is 123 Å². The Hall–Kier alpha value is -0.840. The zero-order valence-electron chi connectivity index (χ0n) is 10.7. The lowest BCUT2D eigenvalue weighted by atomic mass is 10.0. The van der Waals surface area contributed by atoms with Crippen LogP contribution in [0.1, 0.15) is 23.2 Å². The van der Waals surface area contributed by atoms with Crippen molar-refractivity contribution >= 4 is 29.9 Å². The molecular formula is C13H17Cl2FN2O. The molecule has 1 N–H and O–H groups in total. The van der Waals surface area contributed by atoms with Gasteiger partial charge in [0.2, 0.25) is 0 Å². The van der Waals surface area contributed by atoms with Gasteiger partial charge in [-0.1, -0.05) is 11.6 Å². The average molecular weight is 307 g/mol. The summed E-state index contributed by atoms with van der Waals surface area (Å²) >= 11 is 5.80. The van der Waals surface area contributed by atoms with Crippen LogP contribution in [0.3, 0.4) is 0 Å². The third-order valence-corrected chi connectivity index (χ3v) is 3.58. The van der Waals surface area contributed by atoms with Crippen LogP contribution in [0.15, 0.2) is 18.2 Å². The fourth-order valence-corrected chi connectivity index (χ4v) is 2.38. The van der Waals surface area contributed by atoms with E-state index in [0.29, 0.717) is 24.2 Å². The minimum Gasteiger partial charge on any atom is -0.338 e. The Kier molecular flexibility index (Phi) is 6.04.